The van der Waals surface area contributed by atoms with Gasteiger partial charge in [0.1, 0.15) is 0 Å². The number of nitrogens with one attached hydrogen (secondary N) is 1. The van der Waals surface area contributed by atoms with Gasteiger partial charge in [-0.25, -0.2) is 4.98 Å². The highest BCUT2D eigenvalue weighted by Crippen LogP contribution is 2.12. The van der Waals surface area contributed by atoms with Gasteiger partial charge in [-0.1, -0.05) is 6.92 Å². The van der Waals surface area contributed by atoms with Gasteiger partial charge in [0.15, 0.2) is 0 Å². The van der Waals surface area contributed by atoms with E-state index in [0.29, 0.717) is 13.1 Å². The third-order valence-corrected chi connectivity index (χ3v) is 2.40. The molecule has 1 aliphatic heterocycles. The summed E-state index contributed by atoms with van der Waals surface area (Å²) in [4.78, 5) is 15.4. The first-order valence-electron chi connectivity index (χ1n) is 4.61. The predicted octanol–water partition coefficient (Wildman–Crippen LogP) is 0.465. The van der Waals surface area contributed by atoms with E-state index in [1.807, 2.05) is 4.57 Å². The van der Waals surface area contributed by atoms with Crippen molar-refractivity contribution in [3.05, 3.63) is 17.7 Å². The smallest absolute Gasteiger partial charge is 0.221 e. The van der Waals surface area contributed by atoms with Gasteiger partial charge in [0, 0.05) is 12.1 Å². The molecule has 2 rings (SSSR count). The van der Waals surface area contributed by atoms with E-state index in [0.717, 1.165) is 18.5 Å². The number of fused-ring (bicyclic) bond motifs is 1. The summed E-state index contributed by atoms with van der Waals surface area (Å²) in [5.74, 6) is 0.130. The van der Waals surface area contributed by atoms with E-state index in [-0.39, 0.29) is 5.91 Å². The highest BCUT2D eigenvalue weighted by molar-refractivity contribution is 5.76. The predicted molar refractivity (Wildman–Crippen MR) is 48.1 cm³/mol. The SMILES string of the molecule is CCc1ncn2c1CCC(=O)NC2. The Morgan fingerprint density at radius 2 is 2.46 bits per heavy atom. The van der Waals surface area contributed by atoms with E-state index < -0.39 is 0 Å². The lowest BCUT2D eigenvalue weighted by molar-refractivity contribution is -0.121. The lowest BCUT2D eigenvalue weighted by Gasteiger charge is -2.02. The van der Waals surface area contributed by atoms with Crippen LogP contribution in [0.3, 0.4) is 0 Å². The van der Waals surface area contributed by atoms with Crippen LogP contribution in [0.15, 0.2) is 6.33 Å². The second-order valence-corrected chi connectivity index (χ2v) is 3.22. The molecule has 13 heavy (non-hydrogen) atoms. The van der Waals surface area contributed by atoms with E-state index in [1.54, 1.807) is 6.33 Å². The van der Waals surface area contributed by atoms with Gasteiger partial charge in [-0.3, -0.25) is 4.79 Å². The van der Waals surface area contributed by atoms with Crippen molar-refractivity contribution >= 4 is 5.91 Å². The van der Waals surface area contributed by atoms with Crippen LogP contribution in [0, 0.1) is 0 Å². The van der Waals surface area contributed by atoms with Gasteiger partial charge in [-0.05, 0) is 12.8 Å². The molecular formula is C9H13N3O. The molecule has 4 nitrogen and oxygen atoms in total. The minimum atomic E-state index is 0.130. The number of aromatic nitrogens is 2. The molecule has 2 heterocycles. The van der Waals surface area contributed by atoms with Crippen LogP contribution in [0.5, 0.6) is 0 Å². The molecule has 0 aliphatic carbocycles. The Morgan fingerprint density at radius 3 is 3.23 bits per heavy atom. The number of rotatable bonds is 1. The molecule has 0 aromatic carbocycles. The standard InChI is InChI=1S/C9H13N3O/c1-2-7-8-3-4-9(13)11-6-12(8)5-10-7/h5H,2-4,6H2,1H3,(H,11,13). The number of hydrogen-bond donors (Lipinski definition) is 1. The average Bonchev–Trinajstić information content (AvgIpc) is 2.45. The monoisotopic (exact) mass is 179 g/mol. The summed E-state index contributed by atoms with van der Waals surface area (Å²) < 4.78 is 2.02. The molecule has 0 spiro atoms. The van der Waals surface area contributed by atoms with Gasteiger partial charge >= 0.3 is 0 Å². The molecule has 0 radical (unpaired) electrons. The molecular weight excluding hydrogens is 166 g/mol. The third kappa shape index (κ3) is 1.43. The molecule has 0 fully saturated rings. The van der Waals surface area contributed by atoms with E-state index in [4.69, 9.17) is 0 Å². The minimum absolute atomic E-state index is 0.130. The van der Waals surface area contributed by atoms with E-state index in [2.05, 4.69) is 17.2 Å². The number of carbonyl (C=O) groups is 1. The number of aryl methyl sites for hydroxylation is 1. The maximum atomic E-state index is 11.1. The van der Waals surface area contributed by atoms with E-state index in [9.17, 15) is 4.79 Å². The summed E-state index contributed by atoms with van der Waals surface area (Å²) in [5.41, 5.74) is 2.33. The van der Waals surface area contributed by atoms with E-state index in [1.165, 1.54) is 5.69 Å². The molecule has 0 saturated heterocycles. The molecule has 0 atom stereocenters. The lowest BCUT2D eigenvalue weighted by atomic mass is 10.2. The molecule has 70 valence electrons. The van der Waals surface area contributed by atoms with Crippen LogP contribution < -0.4 is 5.32 Å². The summed E-state index contributed by atoms with van der Waals surface area (Å²) in [5, 5.41) is 2.82. The fourth-order valence-electron chi connectivity index (χ4n) is 1.66. The van der Waals surface area contributed by atoms with Crippen LogP contribution in [-0.4, -0.2) is 15.5 Å². The summed E-state index contributed by atoms with van der Waals surface area (Å²) in [6, 6.07) is 0. The highest BCUT2D eigenvalue weighted by Gasteiger charge is 2.15. The average molecular weight is 179 g/mol. The maximum absolute atomic E-state index is 11.1. The normalized spacial score (nSPS) is 16.2. The minimum Gasteiger partial charge on any atom is -0.338 e. The second-order valence-electron chi connectivity index (χ2n) is 3.22. The largest absolute Gasteiger partial charge is 0.338 e. The molecule has 1 N–H and O–H groups in total. The quantitative estimate of drug-likeness (QED) is 0.681. The van der Waals surface area contributed by atoms with Crippen molar-refractivity contribution in [3.63, 3.8) is 0 Å². The van der Waals surface area contributed by atoms with Gasteiger partial charge in [-0.2, -0.15) is 0 Å². The molecule has 1 aromatic rings. The van der Waals surface area contributed by atoms with Gasteiger partial charge in [0.05, 0.1) is 18.7 Å². The van der Waals surface area contributed by atoms with Crippen molar-refractivity contribution in [2.24, 2.45) is 0 Å². The highest BCUT2D eigenvalue weighted by atomic mass is 16.1. The fraction of sp³-hybridized carbons (Fsp3) is 0.556. The Kier molecular flexibility index (Phi) is 2.04. The molecule has 4 heteroatoms. The van der Waals surface area contributed by atoms with Crippen molar-refractivity contribution in [3.8, 4) is 0 Å². The summed E-state index contributed by atoms with van der Waals surface area (Å²) >= 11 is 0. The van der Waals surface area contributed by atoms with Crippen LogP contribution in [0.4, 0.5) is 0 Å². The number of carbonyl (C=O) groups excluding carboxylic acids is 1. The van der Waals surface area contributed by atoms with Crippen LogP contribution in [0.2, 0.25) is 0 Å². The molecule has 1 aromatic heterocycles. The Hall–Kier alpha value is -1.32. The first-order valence-corrected chi connectivity index (χ1v) is 4.61. The van der Waals surface area contributed by atoms with Gasteiger partial charge in [-0.15, -0.1) is 0 Å². The van der Waals surface area contributed by atoms with Gasteiger partial charge in [0.25, 0.3) is 0 Å². The summed E-state index contributed by atoms with van der Waals surface area (Å²) in [7, 11) is 0. The lowest BCUT2D eigenvalue weighted by Crippen LogP contribution is -2.22. The van der Waals surface area contributed by atoms with Gasteiger partial charge in [0.2, 0.25) is 5.91 Å². The molecule has 0 saturated carbocycles. The zero-order valence-corrected chi connectivity index (χ0v) is 7.71. The van der Waals surface area contributed by atoms with Crippen molar-refractivity contribution in [1.82, 2.24) is 14.9 Å². The van der Waals surface area contributed by atoms with Crippen LogP contribution in [0.1, 0.15) is 24.7 Å². The molecule has 0 unspecified atom stereocenters. The van der Waals surface area contributed by atoms with Crippen molar-refractivity contribution < 1.29 is 4.79 Å². The number of hydrogen-bond acceptors (Lipinski definition) is 2. The van der Waals surface area contributed by atoms with Crippen LogP contribution in [0.25, 0.3) is 0 Å². The molecule has 1 amide bonds. The van der Waals surface area contributed by atoms with Crippen molar-refractivity contribution in [2.45, 2.75) is 32.9 Å². The number of nitrogens with zero attached hydrogens (tertiary/aromatic N) is 2. The third-order valence-electron chi connectivity index (χ3n) is 2.40. The van der Waals surface area contributed by atoms with Crippen molar-refractivity contribution in [1.29, 1.82) is 0 Å². The van der Waals surface area contributed by atoms with Crippen LogP contribution in [-0.2, 0) is 24.3 Å². The van der Waals surface area contributed by atoms with E-state index >= 15 is 0 Å². The zero-order chi connectivity index (χ0) is 9.26. The first kappa shape index (κ1) is 8.29. The fourth-order valence-corrected chi connectivity index (χ4v) is 1.66. The summed E-state index contributed by atoms with van der Waals surface area (Å²) in [6.07, 6.45) is 4.14. The Morgan fingerprint density at radius 1 is 1.62 bits per heavy atom. The first-order chi connectivity index (χ1) is 6.31. The number of amides is 1. The van der Waals surface area contributed by atoms with Crippen LogP contribution >= 0.6 is 0 Å². The Labute approximate surface area is 77.0 Å². The Balaban J connectivity index is 2.31. The second kappa shape index (κ2) is 3.20. The zero-order valence-electron chi connectivity index (χ0n) is 7.71. The molecule has 1 aliphatic rings. The number of imidazole rings is 1. The summed E-state index contributed by atoms with van der Waals surface area (Å²) in [6.45, 7) is 2.66. The Bertz CT molecular complexity index is 330. The van der Waals surface area contributed by atoms with Gasteiger partial charge < -0.3 is 9.88 Å². The molecule has 0 bridgehead atoms. The van der Waals surface area contributed by atoms with Crippen molar-refractivity contribution in [2.75, 3.05) is 0 Å². The maximum Gasteiger partial charge on any atom is 0.221 e. The topological polar surface area (TPSA) is 46.9 Å².